The van der Waals surface area contributed by atoms with Crippen LogP contribution in [-0.2, 0) is 16.5 Å². The molecule has 0 spiro atoms. The summed E-state index contributed by atoms with van der Waals surface area (Å²) < 4.78 is 35.5. The molecule has 146 valence electrons. The van der Waals surface area contributed by atoms with Gasteiger partial charge in [0, 0.05) is 23.4 Å². The van der Waals surface area contributed by atoms with Crippen LogP contribution < -0.4 is 9.81 Å². The maximum atomic E-state index is 12.6. The number of fused-ring (bicyclic) bond motifs is 1. The first-order valence-electron chi connectivity index (χ1n) is 9.04. The van der Waals surface area contributed by atoms with E-state index >= 15 is 0 Å². The third-order valence-electron chi connectivity index (χ3n) is 4.72. The molecule has 0 aliphatic heterocycles. The smallest absolute Gasteiger partial charge is 0.340 e. The average Bonchev–Trinajstić information content (AvgIpc) is 2.72. The molecule has 0 atom stereocenters. The van der Waals surface area contributed by atoms with Crippen molar-refractivity contribution in [1.29, 1.82) is 0 Å². The molecule has 1 aromatic heterocycles. The van der Waals surface area contributed by atoms with E-state index in [9.17, 15) is 13.2 Å². The molecule has 0 saturated carbocycles. The fraction of sp³-hybridized carbons (Fsp3) is 0.0870. The SMILES string of the molecule is Cc1c(Cc2ccccc2)c(=O)oc2cc(OS(=O)(=O)c3ccccc3)ccc12. The molecular formula is C23H18O5S. The maximum absolute atomic E-state index is 12.6. The van der Waals surface area contributed by atoms with Gasteiger partial charge in [0.1, 0.15) is 16.2 Å². The van der Waals surface area contributed by atoms with Gasteiger partial charge in [0.05, 0.1) is 0 Å². The Morgan fingerprint density at radius 3 is 2.24 bits per heavy atom. The molecule has 3 aromatic carbocycles. The second-order valence-corrected chi connectivity index (χ2v) is 8.21. The van der Waals surface area contributed by atoms with Crippen LogP contribution in [0.4, 0.5) is 0 Å². The minimum Gasteiger partial charge on any atom is -0.422 e. The van der Waals surface area contributed by atoms with Crippen LogP contribution in [0.25, 0.3) is 11.0 Å². The molecule has 0 aliphatic carbocycles. The molecule has 0 aliphatic rings. The zero-order chi connectivity index (χ0) is 20.4. The van der Waals surface area contributed by atoms with E-state index in [1.807, 2.05) is 37.3 Å². The van der Waals surface area contributed by atoms with Gasteiger partial charge in [-0.1, -0.05) is 48.5 Å². The first-order chi connectivity index (χ1) is 13.9. The highest BCUT2D eigenvalue weighted by Gasteiger charge is 2.18. The summed E-state index contributed by atoms with van der Waals surface area (Å²) in [6.07, 6.45) is 0.464. The van der Waals surface area contributed by atoms with E-state index in [0.29, 0.717) is 12.0 Å². The number of hydrogen-bond donors (Lipinski definition) is 0. The van der Waals surface area contributed by atoms with Gasteiger partial charge in [0.25, 0.3) is 0 Å². The van der Waals surface area contributed by atoms with E-state index in [1.54, 1.807) is 30.3 Å². The highest BCUT2D eigenvalue weighted by atomic mass is 32.2. The summed E-state index contributed by atoms with van der Waals surface area (Å²) in [7, 11) is -3.97. The standard InChI is InChI=1S/C23H18O5S/c1-16-20-13-12-18(28-29(25,26)19-10-6-3-7-11-19)15-22(20)27-23(24)21(16)14-17-8-4-2-5-9-17/h2-13,15H,14H2,1H3. The van der Waals surface area contributed by atoms with Gasteiger partial charge in [-0.15, -0.1) is 0 Å². The highest BCUT2D eigenvalue weighted by Crippen LogP contribution is 2.27. The van der Waals surface area contributed by atoms with Crippen molar-refractivity contribution in [2.75, 3.05) is 0 Å². The van der Waals surface area contributed by atoms with Gasteiger partial charge >= 0.3 is 15.7 Å². The van der Waals surface area contributed by atoms with Crippen LogP contribution in [0.15, 0.2) is 93.0 Å². The second-order valence-electron chi connectivity index (χ2n) is 6.66. The minimum absolute atomic E-state index is 0.0518. The largest absolute Gasteiger partial charge is 0.422 e. The quantitative estimate of drug-likeness (QED) is 0.361. The van der Waals surface area contributed by atoms with Crippen LogP contribution in [-0.4, -0.2) is 8.42 Å². The molecular weight excluding hydrogens is 388 g/mol. The molecule has 4 rings (SSSR count). The number of rotatable bonds is 5. The Hall–Kier alpha value is -3.38. The van der Waals surface area contributed by atoms with Crippen LogP contribution in [0, 0.1) is 6.92 Å². The summed E-state index contributed by atoms with van der Waals surface area (Å²) in [5.41, 5.74) is 2.23. The monoisotopic (exact) mass is 406 g/mol. The van der Waals surface area contributed by atoms with Crippen molar-refractivity contribution in [2.24, 2.45) is 0 Å². The van der Waals surface area contributed by atoms with Gasteiger partial charge in [0.15, 0.2) is 0 Å². The van der Waals surface area contributed by atoms with E-state index in [-0.39, 0.29) is 16.2 Å². The summed E-state index contributed by atoms with van der Waals surface area (Å²) in [5.74, 6) is 0.0831. The summed E-state index contributed by atoms with van der Waals surface area (Å²) in [6.45, 7) is 1.86. The summed E-state index contributed by atoms with van der Waals surface area (Å²) in [5, 5.41) is 0.736. The van der Waals surface area contributed by atoms with Crippen molar-refractivity contribution in [2.45, 2.75) is 18.2 Å². The topological polar surface area (TPSA) is 73.6 Å². The van der Waals surface area contributed by atoms with E-state index in [2.05, 4.69) is 0 Å². The Bertz CT molecular complexity index is 1320. The van der Waals surface area contributed by atoms with Gasteiger partial charge in [-0.3, -0.25) is 0 Å². The minimum atomic E-state index is -3.97. The van der Waals surface area contributed by atoms with Gasteiger partial charge in [-0.2, -0.15) is 8.42 Å². The molecule has 29 heavy (non-hydrogen) atoms. The predicted molar refractivity (Wildman–Crippen MR) is 111 cm³/mol. The number of aryl methyl sites for hydroxylation is 1. The molecule has 0 bridgehead atoms. The van der Waals surface area contributed by atoms with E-state index in [1.165, 1.54) is 18.2 Å². The molecule has 0 radical (unpaired) electrons. The zero-order valence-corrected chi connectivity index (χ0v) is 16.5. The van der Waals surface area contributed by atoms with Crippen LogP contribution in [0.2, 0.25) is 0 Å². The van der Waals surface area contributed by atoms with E-state index < -0.39 is 15.7 Å². The lowest BCUT2D eigenvalue weighted by Gasteiger charge is -2.10. The Balaban J connectivity index is 1.70. The summed E-state index contributed by atoms with van der Waals surface area (Å²) >= 11 is 0. The Labute approximate surface area is 168 Å². The molecule has 5 nitrogen and oxygen atoms in total. The highest BCUT2D eigenvalue weighted by molar-refractivity contribution is 7.87. The van der Waals surface area contributed by atoms with Crippen LogP contribution in [0.1, 0.15) is 16.7 Å². The van der Waals surface area contributed by atoms with E-state index in [4.69, 9.17) is 8.60 Å². The van der Waals surface area contributed by atoms with Crippen molar-refractivity contribution in [3.63, 3.8) is 0 Å². The van der Waals surface area contributed by atoms with Gasteiger partial charge in [0.2, 0.25) is 0 Å². The number of hydrogen-bond acceptors (Lipinski definition) is 5. The maximum Gasteiger partial charge on any atom is 0.340 e. The molecule has 0 N–H and O–H groups in total. The van der Waals surface area contributed by atoms with Crippen molar-refractivity contribution < 1.29 is 17.0 Å². The predicted octanol–water partition coefficient (Wildman–Crippen LogP) is 4.46. The molecule has 0 fully saturated rings. The summed E-state index contributed by atoms with van der Waals surface area (Å²) in [4.78, 5) is 12.6. The number of benzene rings is 3. The third-order valence-corrected chi connectivity index (χ3v) is 5.98. The first kappa shape index (κ1) is 19.0. The Kier molecular flexibility index (Phi) is 4.94. The lowest BCUT2D eigenvalue weighted by Crippen LogP contribution is -2.12. The normalized spacial score (nSPS) is 11.5. The van der Waals surface area contributed by atoms with E-state index in [0.717, 1.165) is 16.5 Å². The first-order valence-corrected chi connectivity index (χ1v) is 10.4. The molecule has 6 heteroatoms. The summed E-state index contributed by atoms with van der Waals surface area (Å²) in [6, 6.07) is 22.2. The molecule has 0 saturated heterocycles. The third kappa shape index (κ3) is 3.93. The fourth-order valence-corrected chi connectivity index (χ4v) is 4.14. The van der Waals surface area contributed by atoms with Gasteiger partial charge < -0.3 is 8.60 Å². The Morgan fingerprint density at radius 1 is 0.897 bits per heavy atom. The lowest BCUT2D eigenvalue weighted by molar-refractivity contribution is 0.485. The molecule has 0 amide bonds. The zero-order valence-electron chi connectivity index (χ0n) is 15.7. The van der Waals surface area contributed by atoms with Crippen LogP contribution in [0.5, 0.6) is 5.75 Å². The average molecular weight is 406 g/mol. The van der Waals surface area contributed by atoms with Crippen LogP contribution in [0.3, 0.4) is 0 Å². The second kappa shape index (κ2) is 7.56. The molecule has 1 heterocycles. The van der Waals surface area contributed by atoms with Crippen molar-refractivity contribution in [3.05, 3.63) is 106 Å². The lowest BCUT2D eigenvalue weighted by atomic mass is 10.00. The Morgan fingerprint density at radius 2 is 1.55 bits per heavy atom. The van der Waals surface area contributed by atoms with Gasteiger partial charge in [-0.05, 0) is 42.3 Å². The molecule has 4 aromatic rings. The van der Waals surface area contributed by atoms with Crippen molar-refractivity contribution in [1.82, 2.24) is 0 Å². The van der Waals surface area contributed by atoms with Crippen molar-refractivity contribution >= 4 is 21.1 Å². The van der Waals surface area contributed by atoms with Crippen LogP contribution >= 0.6 is 0 Å². The fourth-order valence-electron chi connectivity index (χ4n) is 3.19. The van der Waals surface area contributed by atoms with Crippen molar-refractivity contribution in [3.8, 4) is 5.75 Å². The molecule has 0 unspecified atom stereocenters. The van der Waals surface area contributed by atoms with Gasteiger partial charge in [-0.25, -0.2) is 4.79 Å².